The second-order valence-electron chi connectivity index (χ2n) is 6.51. The number of nitrogens with one attached hydrogen (secondary N) is 2. The molecule has 0 saturated carbocycles. The van der Waals surface area contributed by atoms with Gasteiger partial charge in [-0.3, -0.25) is 4.99 Å². The molecule has 1 aliphatic rings. The highest BCUT2D eigenvalue weighted by atomic mass is 32.1. The molecule has 3 rings (SSSR count). The topological polar surface area (TPSA) is 71.7 Å². The highest BCUT2D eigenvalue weighted by Crippen LogP contribution is 2.16. The van der Waals surface area contributed by atoms with E-state index in [2.05, 4.69) is 29.5 Å². The number of furan rings is 1. The van der Waals surface area contributed by atoms with Crippen LogP contribution >= 0.6 is 11.3 Å². The van der Waals surface area contributed by atoms with Gasteiger partial charge in [0.05, 0.1) is 29.6 Å². The molecule has 1 atom stereocenters. The molecule has 0 amide bonds. The largest absolute Gasteiger partial charge is 0.469 e. The van der Waals surface area contributed by atoms with Gasteiger partial charge in [-0.2, -0.15) is 0 Å². The average molecular weight is 377 g/mol. The van der Waals surface area contributed by atoms with E-state index < -0.39 is 0 Å². The lowest BCUT2D eigenvalue weighted by atomic mass is 10.2. The Balaban J connectivity index is 1.48. The van der Waals surface area contributed by atoms with Crippen molar-refractivity contribution in [3.8, 4) is 0 Å². The summed E-state index contributed by atoms with van der Waals surface area (Å²) in [5, 5.41) is 7.98. The Kier molecular flexibility index (Phi) is 7.08. The molecular formula is C19H28N4O2S. The number of aromatic nitrogens is 1. The molecule has 1 unspecified atom stereocenters. The van der Waals surface area contributed by atoms with Crippen LogP contribution in [0.1, 0.15) is 34.2 Å². The van der Waals surface area contributed by atoms with Crippen molar-refractivity contribution in [2.75, 3.05) is 26.2 Å². The molecule has 2 aromatic rings. The summed E-state index contributed by atoms with van der Waals surface area (Å²) in [6.45, 7) is 7.33. The second-order valence-corrected chi connectivity index (χ2v) is 7.79. The van der Waals surface area contributed by atoms with Crippen molar-refractivity contribution in [2.45, 2.75) is 45.6 Å². The number of thiazole rings is 1. The van der Waals surface area contributed by atoms with Crippen LogP contribution < -0.4 is 10.6 Å². The quantitative estimate of drug-likeness (QED) is 0.548. The molecule has 1 saturated heterocycles. The number of aliphatic imine (C=N–C) groups is 1. The van der Waals surface area contributed by atoms with Gasteiger partial charge in [-0.05, 0) is 38.8 Å². The van der Waals surface area contributed by atoms with E-state index in [4.69, 9.17) is 14.1 Å². The van der Waals surface area contributed by atoms with Gasteiger partial charge in [0.1, 0.15) is 5.76 Å². The molecule has 1 fully saturated rings. The van der Waals surface area contributed by atoms with Gasteiger partial charge in [0.25, 0.3) is 0 Å². The van der Waals surface area contributed by atoms with Gasteiger partial charge in [-0.25, -0.2) is 4.98 Å². The Labute approximate surface area is 159 Å². The predicted octanol–water partition coefficient (Wildman–Crippen LogP) is 2.85. The van der Waals surface area contributed by atoms with E-state index in [1.54, 1.807) is 17.6 Å². The summed E-state index contributed by atoms with van der Waals surface area (Å²) in [4.78, 5) is 10.6. The van der Waals surface area contributed by atoms with Crippen LogP contribution in [-0.4, -0.2) is 43.3 Å². The third-order valence-corrected chi connectivity index (χ3v) is 5.56. The van der Waals surface area contributed by atoms with Crippen LogP contribution in [0, 0.1) is 13.8 Å². The Hall–Kier alpha value is -1.86. The first-order chi connectivity index (χ1) is 12.7. The number of rotatable bonds is 8. The van der Waals surface area contributed by atoms with Gasteiger partial charge in [-0.15, -0.1) is 11.3 Å². The number of aryl methyl sites for hydroxylation is 2. The van der Waals surface area contributed by atoms with Gasteiger partial charge < -0.3 is 19.8 Å². The highest BCUT2D eigenvalue weighted by molar-refractivity contribution is 7.11. The molecule has 0 aliphatic carbocycles. The maximum atomic E-state index is 5.67. The van der Waals surface area contributed by atoms with Crippen molar-refractivity contribution >= 4 is 17.3 Å². The molecule has 0 radical (unpaired) electrons. The van der Waals surface area contributed by atoms with E-state index >= 15 is 0 Å². The fourth-order valence-electron chi connectivity index (χ4n) is 2.85. The predicted molar refractivity (Wildman–Crippen MR) is 105 cm³/mol. The molecule has 7 heteroatoms. The summed E-state index contributed by atoms with van der Waals surface area (Å²) in [6, 6.07) is 3.91. The van der Waals surface area contributed by atoms with Crippen LogP contribution in [0.3, 0.4) is 0 Å². The van der Waals surface area contributed by atoms with Crippen LogP contribution in [0.25, 0.3) is 0 Å². The number of hydrogen-bond donors (Lipinski definition) is 2. The van der Waals surface area contributed by atoms with Gasteiger partial charge in [0.15, 0.2) is 5.96 Å². The lowest BCUT2D eigenvalue weighted by molar-refractivity contribution is 0.117. The summed E-state index contributed by atoms with van der Waals surface area (Å²) in [7, 11) is 0. The van der Waals surface area contributed by atoms with Gasteiger partial charge in [0, 0.05) is 37.4 Å². The Morgan fingerprint density at radius 2 is 2.15 bits per heavy atom. The molecule has 2 N–H and O–H groups in total. The van der Waals surface area contributed by atoms with Crippen LogP contribution in [0.2, 0.25) is 0 Å². The van der Waals surface area contributed by atoms with Crippen molar-refractivity contribution in [3.63, 3.8) is 0 Å². The molecular weight excluding hydrogens is 348 g/mol. The Morgan fingerprint density at radius 1 is 1.31 bits per heavy atom. The van der Waals surface area contributed by atoms with E-state index in [0.717, 1.165) is 62.8 Å². The van der Waals surface area contributed by atoms with Crippen molar-refractivity contribution in [1.82, 2.24) is 15.6 Å². The van der Waals surface area contributed by atoms with Gasteiger partial charge >= 0.3 is 0 Å². The fourth-order valence-corrected chi connectivity index (χ4v) is 3.78. The fraction of sp³-hybridized carbons (Fsp3) is 0.579. The first-order valence-electron chi connectivity index (χ1n) is 9.30. The van der Waals surface area contributed by atoms with E-state index in [0.29, 0.717) is 6.54 Å². The van der Waals surface area contributed by atoms with Crippen LogP contribution in [-0.2, 0) is 17.6 Å². The minimum Gasteiger partial charge on any atom is -0.469 e. The van der Waals surface area contributed by atoms with Crippen molar-refractivity contribution in [1.29, 1.82) is 0 Å². The van der Waals surface area contributed by atoms with Crippen LogP contribution in [0.5, 0.6) is 0 Å². The smallest absolute Gasteiger partial charge is 0.191 e. The van der Waals surface area contributed by atoms with Crippen molar-refractivity contribution in [2.24, 2.45) is 4.99 Å². The lowest BCUT2D eigenvalue weighted by Crippen LogP contribution is -2.40. The molecule has 6 nitrogen and oxygen atoms in total. The summed E-state index contributed by atoms with van der Waals surface area (Å²) in [6.07, 6.45) is 5.93. The maximum Gasteiger partial charge on any atom is 0.191 e. The molecule has 3 heterocycles. The number of guanidine groups is 1. The Bertz CT molecular complexity index is 671. The zero-order chi connectivity index (χ0) is 18.2. The number of ether oxygens (including phenoxy) is 1. The van der Waals surface area contributed by atoms with Crippen molar-refractivity contribution < 1.29 is 9.15 Å². The maximum absolute atomic E-state index is 5.67. The molecule has 26 heavy (non-hydrogen) atoms. The standard InChI is InChI=1S/C19H28N4O2S/c1-14-15(2)26-18(23-14)8-10-21-19(22-13-17-6-4-12-25-17)20-9-7-16-5-3-11-24-16/h3,5,11,17H,4,6-10,12-13H2,1-2H3,(H2,20,21,22). The first kappa shape index (κ1) is 18.9. The van der Waals surface area contributed by atoms with E-state index in [9.17, 15) is 0 Å². The zero-order valence-electron chi connectivity index (χ0n) is 15.6. The Morgan fingerprint density at radius 3 is 2.81 bits per heavy atom. The molecule has 0 spiro atoms. The summed E-state index contributed by atoms with van der Waals surface area (Å²) in [5.74, 6) is 1.81. The monoisotopic (exact) mass is 376 g/mol. The van der Waals surface area contributed by atoms with E-state index in [-0.39, 0.29) is 6.10 Å². The molecule has 142 valence electrons. The van der Waals surface area contributed by atoms with Crippen molar-refractivity contribution in [3.05, 3.63) is 39.7 Å². The second kappa shape index (κ2) is 9.73. The van der Waals surface area contributed by atoms with Crippen LogP contribution in [0.15, 0.2) is 27.8 Å². The average Bonchev–Trinajstić information content (AvgIpc) is 3.36. The normalized spacial score (nSPS) is 17.6. The van der Waals surface area contributed by atoms with Gasteiger partial charge in [-0.1, -0.05) is 0 Å². The molecule has 0 aromatic carbocycles. The summed E-state index contributed by atoms with van der Waals surface area (Å²) < 4.78 is 11.1. The third-order valence-electron chi connectivity index (χ3n) is 4.43. The first-order valence-corrected chi connectivity index (χ1v) is 10.1. The summed E-state index contributed by atoms with van der Waals surface area (Å²) in [5.41, 5.74) is 1.13. The number of nitrogens with zero attached hydrogens (tertiary/aromatic N) is 2. The molecule has 1 aliphatic heterocycles. The van der Waals surface area contributed by atoms with E-state index in [1.165, 1.54) is 9.88 Å². The lowest BCUT2D eigenvalue weighted by Gasteiger charge is -2.13. The highest BCUT2D eigenvalue weighted by Gasteiger charge is 2.15. The number of hydrogen-bond acceptors (Lipinski definition) is 5. The summed E-state index contributed by atoms with van der Waals surface area (Å²) >= 11 is 1.77. The minimum absolute atomic E-state index is 0.253. The zero-order valence-corrected chi connectivity index (χ0v) is 16.4. The minimum atomic E-state index is 0.253. The molecule has 2 aromatic heterocycles. The molecule has 0 bridgehead atoms. The SMILES string of the molecule is Cc1nc(CCNC(=NCC2CCCO2)NCCc2ccco2)sc1C. The third kappa shape index (κ3) is 5.85. The van der Waals surface area contributed by atoms with E-state index in [1.807, 2.05) is 12.1 Å². The van der Waals surface area contributed by atoms with Crippen LogP contribution in [0.4, 0.5) is 0 Å². The van der Waals surface area contributed by atoms with Gasteiger partial charge in [0.2, 0.25) is 0 Å².